The normalized spacial score (nSPS) is 10.9. The molecule has 62 valence electrons. The van der Waals surface area contributed by atoms with Gasteiger partial charge in [0.2, 0.25) is 0 Å². The summed E-state index contributed by atoms with van der Waals surface area (Å²) in [6.45, 7) is 0. The summed E-state index contributed by atoms with van der Waals surface area (Å²) < 4.78 is 13.9. The van der Waals surface area contributed by atoms with E-state index in [1.807, 2.05) is 6.20 Å². The lowest BCUT2D eigenvalue weighted by atomic mass is 10.2. The Hall–Kier alpha value is -0.290. The molecule has 1 aromatic heterocycles. The van der Waals surface area contributed by atoms with Gasteiger partial charge in [0.05, 0.1) is 5.02 Å². The van der Waals surface area contributed by atoms with E-state index in [0.29, 0.717) is 0 Å². The molecule has 1 N–H and O–H groups in total. The summed E-state index contributed by atoms with van der Waals surface area (Å²) >= 11 is 7.82. The lowest BCUT2D eigenvalue weighted by Gasteiger charge is -1.98. The maximum Gasteiger partial charge on any atom is 0.143 e. The average Bonchev–Trinajstić information content (AvgIpc) is 2.48. The van der Waals surface area contributed by atoms with Gasteiger partial charge in [-0.1, -0.05) is 11.6 Å². The molecule has 1 nitrogen and oxygen atoms in total. The highest BCUT2D eigenvalue weighted by Crippen LogP contribution is 2.29. The fraction of sp³-hybridized carbons (Fsp3) is 0. The first-order valence-corrected chi connectivity index (χ1v) is 4.76. The Morgan fingerprint density at radius 1 is 1.33 bits per heavy atom. The van der Waals surface area contributed by atoms with E-state index < -0.39 is 0 Å². The molecule has 2 rings (SSSR count). The Morgan fingerprint density at radius 2 is 2.00 bits per heavy atom. The molecule has 0 aliphatic heterocycles. The lowest BCUT2D eigenvalue weighted by Crippen LogP contribution is -1.80. The Labute approximate surface area is 87.1 Å². The van der Waals surface area contributed by atoms with Crippen LogP contribution in [-0.4, -0.2) is 4.98 Å². The molecule has 0 saturated carbocycles. The molecule has 0 fully saturated rings. The van der Waals surface area contributed by atoms with Crippen LogP contribution in [0.4, 0.5) is 4.39 Å². The molecular formula is C8H4ClFIN. The molecule has 2 aromatic rings. The Bertz CT molecular complexity index is 438. The minimum atomic E-state index is -0.367. The maximum absolute atomic E-state index is 13.0. The van der Waals surface area contributed by atoms with Crippen molar-refractivity contribution in [3.63, 3.8) is 0 Å². The van der Waals surface area contributed by atoms with Crippen LogP contribution in [0.5, 0.6) is 0 Å². The molecule has 1 aromatic carbocycles. The number of fused-ring (bicyclic) bond motifs is 1. The van der Waals surface area contributed by atoms with Crippen LogP contribution >= 0.6 is 34.2 Å². The third kappa shape index (κ3) is 1.11. The van der Waals surface area contributed by atoms with E-state index in [2.05, 4.69) is 27.6 Å². The fourth-order valence-electron chi connectivity index (χ4n) is 1.12. The van der Waals surface area contributed by atoms with Crippen LogP contribution in [0.15, 0.2) is 18.5 Å². The van der Waals surface area contributed by atoms with Gasteiger partial charge in [0.25, 0.3) is 0 Å². The molecule has 0 amide bonds. The summed E-state index contributed by atoms with van der Waals surface area (Å²) in [5, 5.41) is 1.88. The number of rotatable bonds is 0. The number of halogens is 3. The van der Waals surface area contributed by atoms with Crippen molar-refractivity contribution in [2.75, 3.05) is 0 Å². The summed E-state index contributed by atoms with van der Waals surface area (Å²) in [7, 11) is 0. The van der Waals surface area contributed by atoms with Gasteiger partial charge in [0, 0.05) is 26.7 Å². The van der Waals surface area contributed by atoms with Gasteiger partial charge in [0.1, 0.15) is 5.82 Å². The average molecular weight is 295 g/mol. The van der Waals surface area contributed by atoms with Crippen molar-refractivity contribution in [2.45, 2.75) is 0 Å². The Kier molecular flexibility index (Phi) is 2.00. The van der Waals surface area contributed by atoms with Crippen molar-refractivity contribution < 1.29 is 4.39 Å². The number of nitrogens with one attached hydrogen (secondary N) is 1. The third-order valence-electron chi connectivity index (χ3n) is 1.70. The topological polar surface area (TPSA) is 15.8 Å². The van der Waals surface area contributed by atoms with Crippen molar-refractivity contribution in [3.8, 4) is 0 Å². The van der Waals surface area contributed by atoms with E-state index in [4.69, 9.17) is 11.6 Å². The predicted molar refractivity (Wildman–Crippen MR) is 56.0 cm³/mol. The molecule has 0 spiro atoms. The minimum Gasteiger partial charge on any atom is -0.366 e. The Morgan fingerprint density at radius 3 is 2.75 bits per heavy atom. The summed E-state index contributed by atoms with van der Waals surface area (Å²) in [6, 6.07) is 1.43. The van der Waals surface area contributed by atoms with Gasteiger partial charge < -0.3 is 4.98 Å². The van der Waals surface area contributed by atoms with Crippen LogP contribution in [0.25, 0.3) is 10.8 Å². The fourth-order valence-corrected chi connectivity index (χ4v) is 2.05. The first-order chi connectivity index (χ1) is 5.70. The van der Waals surface area contributed by atoms with Gasteiger partial charge >= 0.3 is 0 Å². The molecule has 0 atom stereocenters. The van der Waals surface area contributed by atoms with E-state index in [0.717, 1.165) is 14.3 Å². The summed E-state index contributed by atoms with van der Waals surface area (Å²) in [6.07, 6.45) is 3.51. The zero-order valence-corrected chi connectivity index (χ0v) is 8.78. The molecule has 0 bridgehead atoms. The number of hydrogen-bond donors (Lipinski definition) is 1. The standard InChI is InChI=1S/C8H4ClFIN/c9-8-5-3-12-2-4(5)7(11)1-6(8)10/h1-3,12H. The number of benzene rings is 1. The second-order valence-electron chi connectivity index (χ2n) is 2.44. The SMILES string of the molecule is Fc1cc(I)c2c[nH]cc2c1Cl. The van der Waals surface area contributed by atoms with Crippen molar-refractivity contribution >= 4 is 45.0 Å². The van der Waals surface area contributed by atoms with Gasteiger partial charge in [-0.2, -0.15) is 0 Å². The van der Waals surface area contributed by atoms with E-state index in [-0.39, 0.29) is 10.8 Å². The smallest absolute Gasteiger partial charge is 0.143 e. The van der Waals surface area contributed by atoms with Crippen LogP contribution in [0.3, 0.4) is 0 Å². The molecule has 0 aliphatic rings. The highest BCUT2D eigenvalue weighted by Gasteiger charge is 2.08. The van der Waals surface area contributed by atoms with Gasteiger partial charge in [-0.05, 0) is 28.7 Å². The second kappa shape index (κ2) is 2.88. The number of aromatic nitrogens is 1. The monoisotopic (exact) mass is 295 g/mol. The van der Waals surface area contributed by atoms with Crippen molar-refractivity contribution in [1.29, 1.82) is 0 Å². The van der Waals surface area contributed by atoms with E-state index in [9.17, 15) is 4.39 Å². The largest absolute Gasteiger partial charge is 0.366 e. The molecular weight excluding hydrogens is 291 g/mol. The third-order valence-corrected chi connectivity index (χ3v) is 2.98. The van der Waals surface area contributed by atoms with Crippen LogP contribution in [0.1, 0.15) is 0 Å². The van der Waals surface area contributed by atoms with E-state index in [1.165, 1.54) is 6.07 Å². The highest BCUT2D eigenvalue weighted by atomic mass is 127. The van der Waals surface area contributed by atoms with Crippen molar-refractivity contribution in [1.82, 2.24) is 4.98 Å². The molecule has 0 saturated heterocycles. The van der Waals surface area contributed by atoms with E-state index in [1.54, 1.807) is 6.20 Å². The number of H-pyrrole nitrogens is 1. The first kappa shape index (κ1) is 8.31. The maximum atomic E-state index is 13.0. The van der Waals surface area contributed by atoms with Gasteiger partial charge in [0.15, 0.2) is 0 Å². The van der Waals surface area contributed by atoms with Gasteiger partial charge in [-0.25, -0.2) is 4.39 Å². The summed E-state index contributed by atoms with van der Waals surface area (Å²) in [5.74, 6) is -0.367. The molecule has 0 radical (unpaired) electrons. The van der Waals surface area contributed by atoms with Gasteiger partial charge in [-0.3, -0.25) is 0 Å². The van der Waals surface area contributed by atoms with Crippen molar-refractivity contribution in [2.24, 2.45) is 0 Å². The first-order valence-electron chi connectivity index (χ1n) is 3.30. The summed E-state index contributed by atoms with van der Waals surface area (Å²) in [4.78, 5) is 2.89. The van der Waals surface area contributed by atoms with E-state index >= 15 is 0 Å². The lowest BCUT2D eigenvalue weighted by molar-refractivity contribution is 0.629. The molecule has 12 heavy (non-hydrogen) atoms. The van der Waals surface area contributed by atoms with Crippen LogP contribution in [0, 0.1) is 9.39 Å². The minimum absolute atomic E-state index is 0.187. The number of aromatic amines is 1. The van der Waals surface area contributed by atoms with Gasteiger partial charge in [-0.15, -0.1) is 0 Å². The molecule has 4 heteroatoms. The molecule has 0 aliphatic carbocycles. The molecule has 1 heterocycles. The summed E-state index contributed by atoms with van der Waals surface area (Å²) in [5.41, 5.74) is 0. The zero-order valence-electron chi connectivity index (χ0n) is 5.87. The Balaban J connectivity index is 2.97. The number of hydrogen-bond acceptors (Lipinski definition) is 0. The quantitative estimate of drug-likeness (QED) is 0.565. The zero-order chi connectivity index (χ0) is 8.72. The van der Waals surface area contributed by atoms with Crippen LogP contribution < -0.4 is 0 Å². The van der Waals surface area contributed by atoms with Crippen LogP contribution in [0.2, 0.25) is 5.02 Å². The van der Waals surface area contributed by atoms with Crippen molar-refractivity contribution in [3.05, 3.63) is 32.9 Å². The second-order valence-corrected chi connectivity index (χ2v) is 3.98. The van der Waals surface area contributed by atoms with Crippen LogP contribution in [-0.2, 0) is 0 Å². The highest BCUT2D eigenvalue weighted by molar-refractivity contribution is 14.1. The molecule has 0 unspecified atom stereocenters. The predicted octanol–water partition coefficient (Wildman–Crippen LogP) is 3.57.